The number of rotatable bonds is 5. The highest BCUT2D eigenvalue weighted by Crippen LogP contribution is 2.48. The molecule has 0 aliphatic heterocycles. The third kappa shape index (κ3) is 2.90. The lowest BCUT2D eigenvalue weighted by Crippen LogP contribution is -2.28. The van der Waals surface area contributed by atoms with Gasteiger partial charge in [-0.05, 0) is 56.2 Å². The van der Waals surface area contributed by atoms with E-state index in [1.165, 1.54) is 32.2 Å². The summed E-state index contributed by atoms with van der Waals surface area (Å²) in [6.07, 6.45) is 5.89. The van der Waals surface area contributed by atoms with E-state index in [4.69, 9.17) is 5.84 Å². The SMILES string of the molecule is CN(Cc1cccc(NN)n1)CC1CC2CCC1C2. The average molecular weight is 260 g/mol. The highest BCUT2D eigenvalue weighted by molar-refractivity contribution is 5.33. The molecule has 1 aromatic heterocycles. The van der Waals surface area contributed by atoms with Crippen LogP contribution in [0.25, 0.3) is 0 Å². The zero-order chi connectivity index (χ0) is 13.2. The first-order valence-electron chi connectivity index (χ1n) is 7.35. The zero-order valence-electron chi connectivity index (χ0n) is 11.7. The largest absolute Gasteiger partial charge is 0.308 e. The number of anilines is 1. The first kappa shape index (κ1) is 12.9. The molecule has 4 heteroatoms. The summed E-state index contributed by atoms with van der Waals surface area (Å²) in [5.41, 5.74) is 3.69. The lowest BCUT2D eigenvalue weighted by Gasteiger charge is -2.27. The first-order chi connectivity index (χ1) is 9.24. The average Bonchev–Trinajstić information content (AvgIpc) is 3.01. The van der Waals surface area contributed by atoms with Crippen molar-refractivity contribution in [2.45, 2.75) is 32.2 Å². The number of pyridine rings is 1. The molecule has 19 heavy (non-hydrogen) atoms. The summed E-state index contributed by atoms with van der Waals surface area (Å²) in [5.74, 6) is 9.09. The molecule has 0 aromatic carbocycles. The normalized spacial score (nSPS) is 29.1. The topological polar surface area (TPSA) is 54.2 Å². The quantitative estimate of drug-likeness (QED) is 0.630. The van der Waals surface area contributed by atoms with Crippen LogP contribution in [-0.2, 0) is 6.54 Å². The first-order valence-corrected chi connectivity index (χ1v) is 7.35. The van der Waals surface area contributed by atoms with Crippen LogP contribution in [0.5, 0.6) is 0 Å². The number of hydrazine groups is 1. The van der Waals surface area contributed by atoms with Gasteiger partial charge in [-0.1, -0.05) is 12.5 Å². The van der Waals surface area contributed by atoms with Crippen LogP contribution in [0.4, 0.5) is 5.82 Å². The Morgan fingerprint density at radius 1 is 1.37 bits per heavy atom. The fraction of sp³-hybridized carbons (Fsp3) is 0.667. The Hall–Kier alpha value is -1.13. The van der Waals surface area contributed by atoms with Crippen molar-refractivity contribution in [3.63, 3.8) is 0 Å². The summed E-state index contributed by atoms with van der Waals surface area (Å²) in [6, 6.07) is 5.96. The molecule has 1 aromatic rings. The minimum absolute atomic E-state index is 0.742. The Balaban J connectivity index is 1.54. The summed E-state index contributed by atoms with van der Waals surface area (Å²) in [4.78, 5) is 6.89. The molecule has 3 atom stereocenters. The van der Waals surface area contributed by atoms with Crippen LogP contribution in [0.1, 0.15) is 31.4 Å². The van der Waals surface area contributed by atoms with Gasteiger partial charge in [-0.2, -0.15) is 0 Å². The second-order valence-corrected chi connectivity index (χ2v) is 6.29. The maximum absolute atomic E-state index is 5.40. The van der Waals surface area contributed by atoms with Crippen LogP contribution in [0.2, 0.25) is 0 Å². The fourth-order valence-corrected chi connectivity index (χ4v) is 3.99. The molecule has 1 heterocycles. The van der Waals surface area contributed by atoms with E-state index in [0.717, 1.165) is 35.8 Å². The Labute approximate surface area is 115 Å². The molecule has 104 valence electrons. The molecule has 0 saturated heterocycles. The highest BCUT2D eigenvalue weighted by atomic mass is 15.2. The van der Waals surface area contributed by atoms with E-state index < -0.39 is 0 Å². The number of nitrogen functional groups attached to an aromatic ring is 1. The van der Waals surface area contributed by atoms with E-state index in [0.29, 0.717) is 0 Å². The van der Waals surface area contributed by atoms with Crippen LogP contribution in [0, 0.1) is 17.8 Å². The molecule has 0 amide bonds. The van der Waals surface area contributed by atoms with Crippen molar-refractivity contribution < 1.29 is 0 Å². The van der Waals surface area contributed by atoms with E-state index in [2.05, 4.69) is 28.4 Å². The summed E-state index contributed by atoms with van der Waals surface area (Å²) >= 11 is 0. The molecule has 3 rings (SSSR count). The van der Waals surface area contributed by atoms with Gasteiger partial charge in [0.1, 0.15) is 5.82 Å². The molecular formula is C15H24N4. The smallest absolute Gasteiger partial charge is 0.140 e. The van der Waals surface area contributed by atoms with Crippen LogP contribution in [0.3, 0.4) is 0 Å². The van der Waals surface area contributed by atoms with Crippen LogP contribution >= 0.6 is 0 Å². The third-order valence-corrected chi connectivity index (χ3v) is 4.82. The summed E-state index contributed by atoms with van der Waals surface area (Å²) < 4.78 is 0. The molecule has 2 bridgehead atoms. The molecule has 2 saturated carbocycles. The van der Waals surface area contributed by atoms with Crippen molar-refractivity contribution in [2.75, 3.05) is 19.0 Å². The van der Waals surface area contributed by atoms with Gasteiger partial charge in [-0.15, -0.1) is 0 Å². The van der Waals surface area contributed by atoms with Crippen molar-refractivity contribution in [3.05, 3.63) is 23.9 Å². The molecule has 2 aliphatic carbocycles. The van der Waals surface area contributed by atoms with Crippen LogP contribution in [0.15, 0.2) is 18.2 Å². The molecule has 4 nitrogen and oxygen atoms in total. The molecule has 0 radical (unpaired) electrons. The van der Waals surface area contributed by atoms with Gasteiger partial charge in [0.25, 0.3) is 0 Å². The number of hydrogen-bond acceptors (Lipinski definition) is 4. The highest BCUT2D eigenvalue weighted by Gasteiger charge is 2.39. The van der Waals surface area contributed by atoms with Gasteiger partial charge < -0.3 is 10.3 Å². The second-order valence-electron chi connectivity index (χ2n) is 6.29. The molecule has 2 fully saturated rings. The minimum atomic E-state index is 0.742. The Morgan fingerprint density at radius 2 is 2.26 bits per heavy atom. The fourth-order valence-electron chi connectivity index (χ4n) is 3.99. The van der Waals surface area contributed by atoms with Gasteiger partial charge in [-0.3, -0.25) is 0 Å². The molecule has 0 spiro atoms. The number of nitrogens with zero attached hydrogens (tertiary/aromatic N) is 2. The molecule has 2 aliphatic rings. The Bertz CT molecular complexity index is 434. The van der Waals surface area contributed by atoms with Crippen molar-refractivity contribution >= 4 is 5.82 Å². The van der Waals surface area contributed by atoms with E-state index in [9.17, 15) is 0 Å². The van der Waals surface area contributed by atoms with Gasteiger partial charge in [-0.25, -0.2) is 10.8 Å². The molecule has 3 unspecified atom stereocenters. The maximum atomic E-state index is 5.40. The van der Waals surface area contributed by atoms with Crippen LogP contribution < -0.4 is 11.3 Å². The zero-order valence-corrected chi connectivity index (χ0v) is 11.7. The van der Waals surface area contributed by atoms with Gasteiger partial charge in [0.2, 0.25) is 0 Å². The van der Waals surface area contributed by atoms with Crippen molar-refractivity contribution in [2.24, 2.45) is 23.6 Å². The number of fused-ring (bicyclic) bond motifs is 2. The van der Waals surface area contributed by atoms with Crippen molar-refractivity contribution in [1.82, 2.24) is 9.88 Å². The molecular weight excluding hydrogens is 236 g/mol. The van der Waals surface area contributed by atoms with Crippen molar-refractivity contribution in [1.29, 1.82) is 0 Å². The summed E-state index contributed by atoms with van der Waals surface area (Å²) in [5, 5.41) is 0. The van der Waals surface area contributed by atoms with Gasteiger partial charge in [0.05, 0.1) is 5.69 Å². The lowest BCUT2D eigenvalue weighted by atomic mass is 9.88. The second kappa shape index (κ2) is 5.47. The summed E-state index contributed by atoms with van der Waals surface area (Å²) in [6.45, 7) is 2.12. The van der Waals surface area contributed by atoms with E-state index >= 15 is 0 Å². The van der Waals surface area contributed by atoms with E-state index in [1.54, 1.807) is 0 Å². The van der Waals surface area contributed by atoms with E-state index in [-0.39, 0.29) is 0 Å². The van der Waals surface area contributed by atoms with E-state index in [1.807, 2.05) is 12.1 Å². The summed E-state index contributed by atoms with van der Waals surface area (Å²) in [7, 11) is 2.20. The Morgan fingerprint density at radius 3 is 2.95 bits per heavy atom. The standard InChI is InChI=1S/C15H24N4/c1-19(9-13-8-11-5-6-12(13)7-11)10-14-3-2-4-15(17-14)18-16/h2-4,11-13H,5-10,16H2,1H3,(H,17,18). The molecule has 3 N–H and O–H groups in total. The predicted octanol–water partition coefficient (Wildman–Crippen LogP) is 2.24. The van der Waals surface area contributed by atoms with Crippen molar-refractivity contribution in [3.8, 4) is 0 Å². The Kier molecular flexibility index (Phi) is 3.71. The predicted molar refractivity (Wildman–Crippen MR) is 77.3 cm³/mol. The number of aromatic nitrogens is 1. The third-order valence-electron chi connectivity index (χ3n) is 4.82. The van der Waals surface area contributed by atoms with Gasteiger partial charge in [0.15, 0.2) is 0 Å². The maximum Gasteiger partial charge on any atom is 0.140 e. The van der Waals surface area contributed by atoms with Crippen LogP contribution in [-0.4, -0.2) is 23.5 Å². The monoisotopic (exact) mass is 260 g/mol. The van der Waals surface area contributed by atoms with Gasteiger partial charge >= 0.3 is 0 Å². The van der Waals surface area contributed by atoms with Gasteiger partial charge in [0, 0.05) is 13.1 Å². The number of nitrogens with one attached hydrogen (secondary N) is 1. The lowest BCUT2D eigenvalue weighted by molar-refractivity contribution is 0.213. The minimum Gasteiger partial charge on any atom is -0.308 e. The number of nitrogens with two attached hydrogens (primary N) is 1. The number of hydrogen-bond donors (Lipinski definition) is 2.